The molecule has 0 fully saturated rings. The van der Waals surface area contributed by atoms with Gasteiger partial charge in [-0.25, -0.2) is 4.79 Å². The summed E-state index contributed by atoms with van der Waals surface area (Å²) in [5.74, 6) is 0.0662. The SMILES string of the molecule is CC(=O)c1ccc(C=CCNC(=O)OC(C)(C)C)s1. The van der Waals surface area contributed by atoms with E-state index in [0.29, 0.717) is 6.54 Å². The smallest absolute Gasteiger partial charge is 0.407 e. The molecular weight excluding hydrogens is 262 g/mol. The molecule has 0 aromatic carbocycles. The van der Waals surface area contributed by atoms with E-state index in [1.54, 1.807) is 13.0 Å². The number of thiophene rings is 1. The molecule has 0 bridgehead atoms. The van der Waals surface area contributed by atoms with Crippen molar-refractivity contribution in [1.29, 1.82) is 0 Å². The summed E-state index contributed by atoms with van der Waals surface area (Å²) in [6.45, 7) is 7.39. The number of ketones is 1. The van der Waals surface area contributed by atoms with Crippen molar-refractivity contribution in [1.82, 2.24) is 5.32 Å². The fourth-order valence-corrected chi connectivity index (χ4v) is 2.10. The third-order valence-electron chi connectivity index (χ3n) is 2.02. The Kier molecular flexibility index (Phi) is 5.30. The molecule has 5 heteroatoms. The second-order valence-electron chi connectivity index (χ2n) is 5.04. The highest BCUT2D eigenvalue weighted by molar-refractivity contribution is 7.14. The Morgan fingerprint density at radius 3 is 2.58 bits per heavy atom. The highest BCUT2D eigenvalue weighted by atomic mass is 32.1. The first-order valence-corrected chi connectivity index (χ1v) is 6.84. The molecule has 1 aromatic heterocycles. The number of carbonyl (C=O) groups is 2. The zero-order chi connectivity index (χ0) is 14.5. The van der Waals surface area contributed by atoms with Crippen molar-refractivity contribution in [3.8, 4) is 0 Å². The molecule has 1 N–H and O–H groups in total. The molecule has 1 aromatic rings. The third-order valence-corrected chi connectivity index (χ3v) is 3.17. The van der Waals surface area contributed by atoms with Crippen molar-refractivity contribution in [3.05, 3.63) is 28.0 Å². The summed E-state index contributed by atoms with van der Waals surface area (Å²) in [7, 11) is 0. The van der Waals surface area contributed by atoms with Gasteiger partial charge in [0, 0.05) is 11.4 Å². The molecule has 0 saturated heterocycles. The Morgan fingerprint density at radius 2 is 2.05 bits per heavy atom. The summed E-state index contributed by atoms with van der Waals surface area (Å²) in [5.41, 5.74) is -0.488. The number of rotatable bonds is 4. The monoisotopic (exact) mass is 281 g/mol. The van der Waals surface area contributed by atoms with E-state index < -0.39 is 11.7 Å². The van der Waals surface area contributed by atoms with Gasteiger partial charge < -0.3 is 10.1 Å². The fraction of sp³-hybridized carbons (Fsp3) is 0.429. The molecule has 0 atom stereocenters. The van der Waals surface area contributed by atoms with Crippen LogP contribution in [0.2, 0.25) is 0 Å². The zero-order valence-corrected chi connectivity index (χ0v) is 12.5. The molecule has 0 aliphatic rings. The lowest BCUT2D eigenvalue weighted by Crippen LogP contribution is -2.32. The van der Waals surface area contributed by atoms with Crippen LogP contribution < -0.4 is 5.32 Å². The summed E-state index contributed by atoms with van der Waals surface area (Å²) in [4.78, 5) is 24.2. The van der Waals surface area contributed by atoms with Crippen LogP contribution >= 0.6 is 11.3 Å². The van der Waals surface area contributed by atoms with Gasteiger partial charge >= 0.3 is 6.09 Å². The van der Waals surface area contributed by atoms with E-state index in [1.165, 1.54) is 11.3 Å². The molecule has 0 radical (unpaired) electrons. The maximum absolute atomic E-state index is 11.4. The van der Waals surface area contributed by atoms with E-state index in [0.717, 1.165) is 9.75 Å². The van der Waals surface area contributed by atoms with E-state index >= 15 is 0 Å². The van der Waals surface area contributed by atoms with E-state index in [1.807, 2.05) is 39.0 Å². The first-order chi connectivity index (χ1) is 8.78. The Morgan fingerprint density at radius 1 is 1.37 bits per heavy atom. The van der Waals surface area contributed by atoms with Crippen LogP contribution in [0.4, 0.5) is 4.79 Å². The molecule has 1 amide bonds. The fourth-order valence-electron chi connectivity index (χ4n) is 1.26. The van der Waals surface area contributed by atoms with Gasteiger partial charge in [-0.05, 0) is 45.9 Å². The first-order valence-electron chi connectivity index (χ1n) is 6.02. The summed E-state index contributed by atoms with van der Waals surface area (Å²) in [5, 5.41) is 2.63. The van der Waals surface area contributed by atoms with Crippen molar-refractivity contribution in [3.63, 3.8) is 0 Å². The van der Waals surface area contributed by atoms with Gasteiger partial charge in [-0.1, -0.05) is 6.08 Å². The van der Waals surface area contributed by atoms with Gasteiger partial charge in [0.15, 0.2) is 5.78 Å². The van der Waals surface area contributed by atoms with Gasteiger partial charge in [0.1, 0.15) is 5.60 Å². The largest absolute Gasteiger partial charge is 0.444 e. The summed E-state index contributed by atoms with van der Waals surface area (Å²) < 4.78 is 5.10. The van der Waals surface area contributed by atoms with Gasteiger partial charge in [-0.2, -0.15) is 0 Å². The molecule has 1 rings (SSSR count). The Bertz CT molecular complexity index is 483. The second kappa shape index (κ2) is 6.52. The van der Waals surface area contributed by atoms with Gasteiger partial charge in [0.05, 0.1) is 4.88 Å². The lowest BCUT2D eigenvalue weighted by Gasteiger charge is -2.19. The molecule has 1 heterocycles. The number of hydrogen-bond donors (Lipinski definition) is 1. The van der Waals surface area contributed by atoms with Crippen LogP contribution in [0.15, 0.2) is 18.2 Å². The number of carbonyl (C=O) groups excluding carboxylic acids is 2. The number of alkyl carbamates (subject to hydrolysis) is 1. The lowest BCUT2D eigenvalue weighted by atomic mass is 10.2. The highest BCUT2D eigenvalue weighted by Gasteiger charge is 2.14. The minimum absolute atomic E-state index is 0.0662. The number of Topliss-reactive ketones (excluding diaryl/α,β-unsaturated/α-hetero) is 1. The van der Waals surface area contributed by atoms with Crippen LogP contribution in [-0.2, 0) is 4.74 Å². The quantitative estimate of drug-likeness (QED) is 0.859. The molecule has 0 saturated carbocycles. The van der Waals surface area contributed by atoms with Crippen LogP contribution in [0.25, 0.3) is 6.08 Å². The first kappa shape index (κ1) is 15.4. The predicted molar refractivity (Wildman–Crippen MR) is 77.6 cm³/mol. The molecule has 19 heavy (non-hydrogen) atoms. The molecule has 0 unspecified atom stereocenters. The van der Waals surface area contributed by atoms with Crippen molar-refractivity contribution in [2.24, 2.45) is 0 Å². The van der Waals surface area contributed by atoms with Crippen LogP contribution in [0.5, 0.6) is 0 Å². The molecule has 104 valence electrons. The number of nitrogens with one attached hydrogen (secondary N) is 1. The number of ether oxygens (including phenoxy) is 1. The zero-order valence-electron chi connectivity index (χ0n) is 11.6. The average Bonchev–Trinajstić information content (AvgIpc) is 2.70. The third kappa shape index (κ3) is 6.20. The van der Waals surface area contributed by atoms with Crippen molar-refractivity contribution >= 4 is 29.3 Å². The molecule has 0 aliphatic heterocycles. The standard InChI is InChI=1S/C14H19NO3S/c1-10(16)12-8-7-11(19-12)6-5-9-15-13(17)18-14(2,3)4/h5-8H,9H2,1-4H3,(H,15,17). The summed E-state index contributed by atoms with van der Waals surface area (Å²) >= 11 is 1.43. The molecular formula is C14H19NO3S. The maximum Gasteiger partial charge on any atom is 0.407 e. The van der Waals surface area contributed by atoms with E-state index in [9.17, 15) is 9.59 Å². The van der Waals surface area contributed by atoms with Gasteiger partial charge in [-0.3, -0.25) is 4.79 Å². The van der Waals surface area contributed by atoms with E-state index in [4.69, 9.17) is 4.74 Å². The molecule has 4 nitrogen and oxygen atoms in total. The highest BCUT2D eigenvalue weighted by Crippen LogP contribution is 2.18. The van der Waals surface area contributed by atoms with Crippen molar-refractivity contribution < 1.29 is 14.3 Å². The van der Waals surface area contributed by atoms with Crippen molar-refractivity contribution in [2.45, 2.75) is 33.3 Å². The summed E-state index contributed by atoms with van der Waals surface area (Å²) in [6.07, 6.45) is 3.25. The Balaban J connectivity index is 2.38. The van der Waals surface area contributed by atoms with Crippen molar-refractivity contribution in [2.75, 3.05) is 6.54 Å². The van der Waals surface area contributed by atoms with Crippen LogP contribution in [0.3, 0.4) is 0 Å². The van der Waals surface area contributed by atoms with Gasteiger partial charge in [0.2, 0.25) is 0 Å². The average molecular weight is 281 g/mol. The normalized spacial score (nSPS) is 11.6. The Labute approximate surface area is 117 Å². The molecule has 0 aliphatic carbocycles. The number of hydrogen-bond acceptors (Lipinski definition) is 4. The molecule has 0 spiro atoms. The van der Waals surface area contributed by atoms with Gasteiger partial charge in [-0.15, -0.1) is 11.3 Å². The van der Waals surface area contributed by atoms with E-state index in [-0.39, 0.29) is 5.78 Å². The minimum Gasteiger partial charge on any atom is -0.444 e. The van der Waals surface area contributed by atoms with E-state index in [2.05, 4.69) is 5.32 Å². The second-order valence-corrected chi connectivity index (χ2v) is 6.16. The predicted octanol–water partition coefficient (Wildman–Crippen LogP) is 3.49. The maximum atomic E-state index is 11.4. The van der Waals surface area contributed by atoms with Gasteiger partial charge in [0.25, 0.3) is 0 Å². The lowest BCUT2D eigenvalue weighted by molar-refractivity contribution is 0.0534. The Hall–Kier alpha value is -1.62. The van der Waals surface area contributed by atoms with Crippen LogP contribution in [0, 0.1) is 0 Å². The number of amides is 1. The summed E-state index contributed by atoms with van der Waals surface area (Å²) in [6, 6.07) is 3.68. The topological polar surface area (TPSA) is 55.4 Å². The van der Waals surface area contributed by atoms with Crippen LogP contribution in [0.1, 0.15) is 42.2 Å². The minimum atomic E-state index is -0.488. The van der Waals surface area contributed by atoms with Crippen LogP contribution in [-0.4, -0.2) is 24.0 Å².